The van der Waals surface area contributed by atoms with E-state index >= 15 is 0 Å². The van der Waals surface area contributed by atoms with Gasteiger partial charge in [0.15, 0.2) is 0 Å². The van der Waals surface area contributed by atoms with E-state index < -0.39 is 10.0 Å². The van der Waals surface area contributed by atoms with Gasteiger partial charge >= 0.3 is 0 Å². The van der Waals surface area contributed by atoms with Crippen LogP contribution in [0, 0.1) is 0 Å². The molecule has 1 amide bonds. The standard InChI is InChI=1S/C19H27N3O3S/c23-19-9-6-15-14-17(7-8-18(15)20-19)26(24,25)22-12-10-21(11-13-22)16-4-2-1-3-5-16/h7-8,14,16H,1-6,9-13H2,(H,20,23). The Bertz CT molecular complexity index is 779. The fourth-order valence-electron chi connectivity index (χ4n) is 4.42. The zero-order valence-electron chi connectivity index (χ0n) is 15.1. The third-order valence-electron chi connectivity index (χ3n) is 5.97. The maximum Gasteiger partial charge on any atom is 0.243 e. The molecule has 142 valence electrons. The second kappa shape index (κ2) is 7.29. The molecule has 1 saturated heterocycles. The smallest absolute Gasteiger partial charge is 0.243 e. The average molecular weight is 378 g/mol. The van der Waals surface area contributed by atoms with E-state index in [2.05, 4.69) is 10.2 Å². The van der Waals surface area contributed by atoms with Crippen LogP contribution in [0.1, 0.15) is 44.1 Å². The van der Waals surface area contributed by atoms with E-state index in [-0.39, 0.29) is 5.91 Å². The first kappa shape index (κ1) is 17.9. The number of nitrogens with one attached hydrogen (secondary N) is 1. The number of hydrogen-bond donors (Lipinski definition) is 1. The van der Waals surface area contributed by atoms with Crippen molar-refractivity contribution >= 4 is 21.6 Å². The number of carbonyl (C=O) groups is 1. The lowest BCUT2D eigenvalue weighted by molar-refractivity contribution is -0.116. The molecule has 0 aromatic heterocycles. The zero-order chi connectivity index (χ0) is 18.1. The van der Waals surface area contributed by atoms with E-state index in [1.807, 2.05) is 0 Å². The van der Waals surface area contributed by atoms with E-state index in [0.29, 0.717) is 36.9 Å². The molecule has 1 aromatic carbocycles. The molecule has 7 heteroatoms. The fourth-order valence-corrected chi connectivity index (χ4v) is 5.90. The highest BCUT2D eigenvalue weighted by Crippen LogP contribution is 2.28. The number of rotatable bonds is 3. The molecular weight excluding hydrogens is 350 g/mol. The Balaban J connectivity index is 1.45. The summed E-state index contributed by atoms with van der Waals surface area (Å²) < 4.78 is 27.7. The number of fused-ring (bicyclic) bond motifs is 1. The van der Waals surface area contributed by atoms with Crippen molar-refractivity contribution in [1.82, 2.24) is 9.21 Å². The summed E-state index contributed by atoms with van der Waals surface area (Å²) in [5.41, 5.74) is 1.65. The quantitative estimate of drug-likeness (QED) is 0.877. The van der Waals surface area contributed by atoms with Gasteiger partial charge in [0.2, 0.25) is 15.9 Å². The lowest BCUT2D eigenvalue weighted by Gasteiger charge is -2.40. The van der Waals surface area contributed by atoms with Gasteiger partial charge in [0, 0.05) is 44.3 Å². The van der Waals surface area contributed by atoms with Gasteiger partial charge < -0.3 is 5.32 Å². The molecule has 0 spiro atoms. The monoisotopic (exact) mass is 377 g/mol. The molecule has 1 saturated carbocycles. The van der Waals surface area contributed by atoms with Gasteiger partial charge in [-0.25, -0.2) is 8.42 Å². The van der Waals surface area contributed by atoms with Gasteiger partial charge in [-0.1, -0.05) is 19.3 Å². The summed E-state index contributed by atoms with van der Waals surface area (Å²) in [6.07, 6.45) is 7.45. The van der Waals surface area contributed by atoms with Crippen LogP contribution in [0.2, 0.25) is 0 Å². The summed E-state index contributed by atoms with van der Waals surface area (Å²) in [4.78, 5) is 14.3. The molecular formula is C19H27N3O3S. The van der Waals surface area contributed by atoms with E-state index in [1.165, 1.54) is 32.1 Å². The van der Waals surface area contributed by atoms with Gasteiger partial charge in [0.1, 0.15) is 0 Å². The summed E-state index contributed by atoms with van der Waals surface area (Å²) in [6, 6.07) is 5.71. The minimum absolute atomic E-state index is 0.00746. The second-order valence-electron chi connectivity index (χ2n) is 7.60. The van der Waals surface area contributed by atoms with Crippen molar-refractivity contribution in [2.75, 3.05) is 31.5 Å². The number of sulfonamides is 1. The lowest BCUT2D eigenvalue weighted by atomic mass is 9.94. The average Bonchev–Trinajstić information content (AvgIpc) is 2.68. The number of aryl methyl sites for hydroxylation is 1. The van der Waals surface area contributed by atoms with Crippen LogP contribution in [-0.4, -0.2) is 55.8 Å². The Morgan fingerprint density at radius 1 is 0.962 bits per heavy atom. The van der Waals surface area contributed by atoms with Gasteiger partial charge in [0.05, 0.1) is 4.90 Å². The van der Waals surface area contributed by atoms with E-state index in [1.54, 1.807) is 22.5 Å². The van der Waals surface area contributed by atoms with Crippen LogP contribution in [-0.2, 0) is 21.2 Å². The van der Waals surface area contributed by atoms with Gasteiger partial charge in [-0.15, -0.1) is 0 Å². The number of nitrogens with zero attached hydrogens (tertiary/aromatic N) is 2. The highest BCUT2D eigenvalue weighted by Gasteiger charge is 2.32. The Hall–Kier alpha value is -1.44. The minimum Gasteiger partial charge on any atom is -0.326 e. The molecule has 1 aliphatic carbocycles. The number of anilines is 1. The van der Waals surface area contributed by atoms with Crippen molar-refractivity contribution in [3.63, 3.8) is 0 Å². The predicted octanol–water partition coefficient (Wildman–Crippen LogP) is 2.21. The summed E-state index contributed by atoms with van der Waals surface area (Å²) in [5.74, 6) is -0.00746. The maximum absolute atomic E-state index is 13.0. The number of piperazine rings is 1. The first-order valence-electron chi connectivity index (χ1n) is 9.71. The molecule has 6 nitrogen and oxygen atoms in total. The maximum atomic E-state index is 13.0. The van der Waals surface area contributed by atoms with E-state index in [4.69, 9.17) is 0 Å². The summed E-state index contributed by atoms with van der Waals surface area (Å²) in [6.45, 7) is 2.77. The largest absolute Gasteiger partial charge is 0.326 e. The van der Waals surface area contributed by atoms with Gasteiger partial charge in [-0.3, -0.25) is 9.69 Å². The van der Waals surface area contributed by atoms with Gasteiger partial charge in [0.25, 0.3) is 0 Å². The zero-order valence-corrected chi connectivity index (χ0v) is 15.9. The predicted molar refractivity (Wildman–Crippen MR) is 101 cm³/mol. The van der Waals surface area contributed by atoms with Crippen LogP contribution in [0.15, 0.2) is 23.1 Å². The molecule has 1 N–H and O–H groups in total. The Morgan fingerprint density at radius 2 is 1.69 bits per heavy atom. The minimum atomic E-state index is -3.47. The summed E-state index contributed by atoms with van der Waals surface area (Å²) >= 11 is 0. The molecule has 0 unspecified atom stereocenters. The SMILES string of the molecule is O=C1CCc2cc(S(=O)(=O)N3CCN(C4CCCCC4)CC3)ccc2N1. The first-order valence-corrected chi connectivity index (χ1v) is 11.1. The van der Waals surface area contributed by atoms with Crippen molar-refractivity contribution in [3.8, 4) is 0 Å². The summed E-state index contributed by atoms with van der Waals surface area (Å²) in [7, 11) is -3.47. The molecule has 0 bridgehead atoms. The van der Waals surface area contributed by atoms with Crippen molar-refractivity contribution in [3.05, 3.63) is 23.8 Å². The third kappa shape index (κ3) is 3.52. The van der Waals surface area contributed by atoms with Crippen LogP contribution in [0.5, 0.6) is 0 Å². The van der Waals surface area contributed by atoms with Crippen LogP contribution in [0.3, 0.4) is 0 Å². The van der Waals surface area contributed by atoms with Crippen molar-refractivity contribution in [1.29, 1.82) is 0 Å². The molecule has 26 heavy (non-hydrogen) atoms. The molecule has 1 aromatic rings. The van der Waals surface area contributed by atoms with E-state index in [9.17, 15) is 13.2 Å². The number of carbonyl (C=O) groups excluding carboxylic acids is 1. The third-order valence-corrected chi connectivity index (χ3v) is 7.87. The Labute approximate surface area is 155 Å². The van der Waals surface area contributed by atoms with Crippen molar-refractivity contribution < 1.29 is 13.2 Å². The highest BCUT2D eigenvalue weighted by atomic mass is 32.2. The molecule has 4 rings (SSSR count). The lowest BCUT2D eigenvalue weighted by Crippen LogP contribution is -2.52. The van der Waals surface area contributed by atoms with Crippen molar-refractivity contribution in [2.24, 2.45) is 0 Å². The van der Waals surface area contributed by atoms with Crippen LogP contribution >= 0.6 is 0 Å². The Morgan fingerprint density at radius 3 is 2.42 bits per heavy atom. The molecule has 2 aliphatic heterocycles. The van der Waals surface area contributed by atoms with Crippen LogP contribution in [0.4, 0.5) is 5.69 Å². The molecule has 3 aliphatic rings. The highest BCUT2D eigenvalue weighted by molar-refractivity contribution is 7.89. The molecule has 2 heterocycles. The number of hydrogen-bond acceptors (Lipinski definition) is 4. The first-order chi connectivity index (χ1) is 12.5. The topological polar surface area (TPSA) is 69.7 Å². The Kier molecular flexibility index (Phi) is 5.03. The molecule has 0 radical (unpaired) electrons. The molecule has 2 fully saturated rings. The summed E-state index contributed by atoms with van der Waals surface area (Å²) in [5, 5.41) is 2.81. The second-order valence-corrected chi connectivity index (χ2v) is 9.54. The van der Waals surface area contributed by atoms with Gasteiger partial charge in [-0.2, -0.15) is 4.31 Å². The molecule has 0 atom stereocenters. The fraction of sp³-hybridized carbons (Fsp3) is 0.632. The van der Waals surface area contributed by atoms with Gasteiger partial charge in [-0.05, 0) is 43.0 Å². The van der Waals surface area contributed by atoms with E-state index in [0.717, 1.165) is 24.3 Å². The van der Waals surface area contributed by atoms with Crippen LogP contribution in [0.25, 0.3) is 0 Å². The van der Waals surface area contributed by atoms with Crippen LogP contribution < -0.4 is 5.32 Å². The van der Waals surface area contributed by atoms with Crippen molar-refractivity contribution in [2.45, 2.75) is 55.9 Å². The number of amides is 1. The number of benzene rings is 1. The normalized spacial score (nSPS) is 23.5.